The van der Waals surface area contributed by atoms with Gasteiger partial charge in [-0.1, -0.05) is 6.07 Å². The van der Waals surface area contributed by atoms with Crippen molar-refractivity contribution < 1.29 is 36.1 Å². The van der Waals surface area contributed by atoms with Gasteiger partial charge in [0.2, 0.25) is 5.75 Å². The highest BCUT2D eigenvalue weighted by atomic mass is 32.3. The Bertz CT molecular complexity index is 1310. The Morgan fingerprint density at radius 2 is 1.49 bits per heavy atom. The van der Waals surface area contributed by atoms with E-state index >= 15 is 0 Å². The Morgan fingerprint density at radius 1 is 0.829 bits per heavy atom. The van der Waals surface area contributed by atoms with Gasteiger partial charge in [0.15, 0.2) is 23.0 Å². The van der Waals surface area contributed by atoms with Gasteiger partial charge in [0, 0.05) is 28.1 Å². The van der Waals surface area contributed by atoms with E-state index in [0.717, 1.165) is 0 Å². The molecule has 0 amide bonds. The van der Waals surface area contributed by atoms with E-state index < -0.39 is 10.4 Å². The van der Waals surface area contributed by atoms with Crippen LogP contribution in [0.5, 0.6) is 28.7 Å². The van der Waals surface area contributed by atoms with E-state index in [9.17, 15) is 8.42 Å². The molecule has 0 aliphatic heterocycles. The van der Waals surface area contributed by atoms with Gasteiger partial charge in [0.1, 0.15) is 0 Å². The van der Waals surface area contributed by atoms with Crippen LogP contribution in [0.25, 0.3) is 22.4 Å². The lowest BCUT2D eigenvalue weighted by molar-refractivity contribution is 0.324. The van der Waals surface area contributed by atoms with E-state index in [4.69, 9.17) is 23.5 Å². The van der Waals surface area contributed by atoms with Gasteiger partial charge in [0.05, 0.1) is 34.1 Å². The fourth-order valence-corrected chi connectivity index (χ4v) is 4.49. The van der Waals surface area contributed by atoms with Crippen LogP contribution in [0.4, 0.5) is 0 Å². The summed E-state index contributed by atoms with van der Waals surface area (Å²) in [6.07, 6.45) is 1.77. The molecule has 2 aromatic carbocycles. The largest absolute Gasteiger partial charge is 0.493 e. The SMILES string of the molecule is COc1ccc(-c2csnc2-c2cc(OC)c(OC)c(OC)c2)cc1OS(=O)(=O)O.c1cnsc1. The maximum atomic E-state index is 11.2. The third-order valence-electron chi connectivity index (χ3n) is 4.52. The van der Waals surface area contributed by atoms with Crippen LogP contribution in [0.1, 0.15) is 0 Å². The standard InChI is InChI=1S/C19H19NO8S2.C3H3NS/c1-24-14-6-5-11(7-15(14)28-30(21,22)23)13-10-29-20-18(13)12-8-16(25-2)19(27-4)17(9-12)26-3;1-2-4-5-3-1/h5-10H,1-4H3,(H,21,22,23);1-3H. The average Bonchev–Trinajstić information content (AvgIpc) is 3.57. The van der Waals surface area contributed by atoms with Crippen molar-refractivity contribution in [3.63, 3.8) is 0 Å². The molecule has 0 saturated heterocycles. The number of methoxy groups -OCH3 is 4. The topological polar surface area (TPSA) is 126 Å². The second-order valence-corrected chi connectivity index (χ2v) is 8.90. The summed E-state index contributed by atoms with van der Waals surface area (Å²) in [4.78, 5) is 0. The second-order valence-electron chi connectivity index (χ2n) is 6.56. The van der Waals surface area contributed by atoms with Crippen LogP contribution >= 0.6 is 23.1 Å². The van der Waals surface area contributed by atoms with Crippen molar-refractivity contribution in [1.29, 1.82) is 0 Å². The molecule has 4 aromatic rings. The second kappa shape index (κ2) is 11.8. The first-order valence-electron chi connectivity index (χ1n) is 9.75. The summed E-state index contributed by atoms with van der Waals surface area (Å²) in [6.45, 7) is 0. The molecule has 10 nitrogen and oxygen atoms in total. The summed E-state index contributed by atoms with van der Waals surface area (Å²) in [7, 11) is 1.19. The zero-order valence-electron chi connectivity index (χ0n) is 19.1. The summed E-state index contributed by atoms with van der Waals surface area (Å²) < 4.78 is 65.6. The van der Waals surface area contributed by atoms with E-state index in [1.54, 1.807) is 29.8 Å². The molecule has 0 aliphatic rings. The molecule has 0 bridgehead atoms. The molecule has 4 rings (SSSR count). The van der Waals surface area contributed by atoms with Gasteiger partial charge in [-0.15, -0.1) is 0 Å². The number of ether oxygens (including phenoxy) is 4. The number of benzene rings is 2. The van der Waals surface area contributed by atoms with E-state index in [1.807, 2.05) is 11.4 Å². The Hall–Kier alpha value is -3.39. The summed E-state index contributed by atoms with van der Waals surface area (Å²) in [6, 6.07) is 10.1. The Labute approximate surface area is 210 Å². The highest BCUT2D eigenvalue weighted by molar-refractivity contribution is 7.81. The van der Waals surface area contributed by atoms with Gasteiger partial charge in [-0.2, -0.15) is 12.8 Å². The fourth-order valence-electron chi connectivity index (χ4n) is 3.07. The van der Waals surface area contributed by atoms with Gasteiger partial charge in [0.25, 0.3) is 0 Å². The highest BCUT2D eigenvalue weighted by Gasteiger charge is 2.20. The van der Waals surface area contributed by atoms with E-state index in [2.05, 4.69) is 12.9 Å². The molecule has 0 radical (unpaired) electrons. The molecule has 0 unspecified atom stereocenters. The quantitative estimate of drug-likeness (QED) is 0.312. The molecule has 0 spiro atoms. The maximum absolute atomic E-state index is 11.2. The molecule has 186 valence electrons. The van der Waals surface area contributed by atoms with Crippen LogP contribution in [0.15, 0.2) is 53.4 Å². The normalized spacial score (nSPS) is 10.7. The first kappa shape index (κ1) is 26.2. The van der Waals surface area contributed by atoms with Crippen molar-refractivity contribution in [1.82, 2.24) is 8.75 Å². The lowest BCUT2D eigenvalue weighted by Crippen LogP contribution is -2.07. The zero-order chi connectivity index (χ0) is 25.4. The lowest BCUT2D eigenvalue weighted by atomic mass is 10.0. The van der Waals surface area contributed by atoms with Crippen molar-refractivity contribution >= 4 is 33.5 Å². The smallest absolute Gasteiger partial charge is 0.446 e. The van der Waals surface area contributed by atoms with Gasteiger partial charge in [-0.3, -0.25) is 4.55 Å². The summed E-state index contributed by atoms with van der Waals surface area (Å²) in [5.41, 5.74) is 2.63. The predicted molar refractivity (Wildman–Crippen MR) is 133 cm³/mol. The molecule has 1 N–H and O–H groups in total. The molecule has 0 aliphatic carbocycles. The number of rotatable bonds is 8. The number of hydrogen-bond donors (Lipinski definition) is 1. The third-order valence-corrected chi connectivity index (χ3v) is 6.07. The van der Waals surface area contributed by atoms with Crippen LogP contribution in [0.2, 0.25) is 0 Å². The van der Waals surface area contributed by atoms with Crippen molar-refractivity contribution in [2.45, 2.75) is 0 Å². The monoisotopic (exact) mass is 538 g/mol. The zero-order valence-corrected chi connectivity index (χ0v) is 21.6. The van der Waals surface area contributed by atoms with Crippen LogP contribution in [-0.2, 0) is 10.4 Å². The van der Waals surface area contributed by atoms with Crippen molar-refractivity contribution in [2.24, 2.45) is 0 Å². The lowest BCUT2D eigenvalue weighted by Gasteiger charge is -2.14. The molecule has 13 heteroatoms. The minimum Gasteiger partial charge on any atom is -0.493 e. The van der Waals surface area contributed by atoms with Crippen LogP contribution in [-0.4, -0.2) is 50.2 Å². The van der Waals surface area contributed by atoms with Crippen molar-refractivity contribution in [2.75, 3.05) is 28.4 Å². The minimum absolute atomic E-state index is 0.147. The van der Waals surface area contributed by atoms with E-state index in [-0.39, 0.29) is 11.5 Å². The van der Waals surface area contributed by atoms with Gasteiger partial charge in [-0.05, 0) is 59.0 Å². The molecule has 0 saturated carbocycles. The third kappa shape index (κ3) is 6.60. The fraction of sp³-hybridized carbons (Fsp3) is 0.182. The first-order valence-corrected chi connectivity index (χ1v) is 12.8. The van der Waals surface area contributed by atoms with E-state index in [0.29, 0.717) is 39.6 Å². The minimum atomic E-state index is -4.72. The number of aromatic nitrogens is 2. The van der Waals surface area contributed by atoms with Crippen LogP contribution in [0.3, 0.4) is 0 Å². The predicted octanol–water partition coefficient (Wildman–Crippen LogP) is 4.84. The highest BCUT2D eigenvalue weighted by Crippen LogP contribution is 2.44. The molecule has 2 heterocycles. The van der Waals surface area contributed by atoms with Gasteiger partial charge >= 0.3 is 10.4 Å². The summed E-state index contributed by atoms with van der Waals surface area (Å²) in [5.74, 6) is 1.38. The Kier molecular flexibility index (Phi) is 8.87. The van der Waals surface area contributed by atoms with Crippen molar-refractivity contribution in [3.8, 4) is 51.1 Å². The average molecular weight is 539 g/mol. The number of hydrogen-bond acceptors (Lipinski definition) is 11. The Balaban J connectivity index is 0.000000607. The summed E-state index contributed by atoms with van der Waals surface area (Å²) >= 11 is 2.68. The van der Waals surface area contributed by atoms with Crippen molar-refractivity contribution in [3.05, 3.63) is 53.4 Å². The molecular formula is C22H22N2O8S3. The van der Waals surface area contributed by atoms with Gasteiger partial charge < -0.3 is 23.1 Å². The maximum Gasteiger partial charge on any atom is 0.446 e. The van der Waals surface area contributed by atoms with Crippen LogP contribution < -0.4 is 23.1 Å². The van der Waals surface area contributed by atoms with Crippen LogP contribution in [0, 0.1) is 0 Å². The first-order chi connectivity index (χ1) is 16.8. The molecule has 0 atom stereocenters. The molecule has 0 fully saturated rings. The van der Waals surface area contributed by atoms with Gasteiger partial charge in [-0.25, -0.2) is 4.37 Å². The molecule has 2 aromatic heterocycles. The molecule has 35 heavy (non-hydrogen) atoms. The number of nitrogens with zero attached hydrogens (tertiary/aromatic N) is 2. The molecular weight excluding hydrogens is 516 g/mol. The Morgan fingerprint density at radius 3 is 1.97 bits per heavy atom. The van der Waals surface area contributed by atoms with E-state index in [1.165, 1.54) is 63.6 Å². The summed E-state index contributed by atoms with van der Waals surface area (Å²) in [5, 5.41) is 3.73.